The van der Waals surface area contributed by atoms with Crippen LogP contribution in [-0.4, -0.2) is 31.2 Å². The highest BCUT2D eigenvalue weighted by atomic mass is 35.5. The molecule has 3 aliphatic rings. The van der Waals surface area contributed by atoms with Crippen molar-refractivity contribution in [2.24, 2.45) is 0 Å². The van der Waals surface area contributed by atoms with Crippen molar-refractivity contribution < 1.29 is 8.42 Å². The van der Waals surface area contributed by atoms with Crippen molar-refractivity contribution >= 4 is 21.6 Å². The molecule has 3 rings (SSSR count). The third kappa shape index (κ3) is 5.99. The molecule has 0 amide bonds. The first kappa shape index (κ1) is 23.6. The van der Waals surface area contributed by atoms with Crippen LogP contribution in [0.25, 0.3) is 0 Å². The molecule has 5 heteroatoms. The lowest BCUT2D eigenvalue weighted by atomic mass is 9.84. The van der Waals surface area contributed by atoms with E-state index in [0.717, 1.165) is 57.9 Å². The van der Waals surface area contributed by atoms with E-state index >= 15 is 0 Å². The number of halogens is 1. The Morgan fingerprint density at radius 2 is 1.93 bits per heavy atom. The Kier molecular flexibility index (Phi) is 8.62. The summed E-state index contributed by atoms with van der Waals surface area (Å²) in [4.78, 5) is 0.507. The summed E-state index contributed by atoms with van der Waals surface area (Å²) >= 11 is 6.47. The fourth-order valence-electron chi connectivity index (χ4n) is 4.65. The summed E-state index contributed by atoms with van der Waals surface area (Å²) < 4.78 is 27.4. The summed E-state index contributed by atoms with van der Waals surface area (Å²) in [6, 6.07) is 0.332. The van der Waals surface area contributed by atoms with E-state index in [9.17, 15) is 8.42 Å². The lowest BCUT2D eigenvalue weighted by molar-refractivity contribution is 0.341. The summed E-state index contributed by atoms with van der Waals surface area (Å²) in [6.45, 7) is 5.13. The van der Waals surface area contributed by atoms with Gasteiger partial charge < -0.3 is 0 Å². The van der Waals surface area contributed by atoms with Crippen LogP contribution in [0.5, 0.6) is 0 Å². The molecular weight excluding hydrogens is 414 g/mol. The van der Waals surface area contributed by atoms with Gasteiger partial charge in [0.15, 0.2) is 9.84 Å². The first-order chi connectivity index (χ1) is 14.4. The van der Waals surface area contributed by atoms with Crippen LogP contribution in [0.1, 0.15) is 78.1 Å². The Morgan fingerprint density at radius 1 is 1.10 bits per heavy atom. The molecule has 0 heterocycles. The molecule has 0 N–H and O–H groups in total. The van der Waals surface area contributed by atoms with Crippen LogP contribution in [0.4, 0.5) is 0 Å². The highest BCUT2D eigenvalue weighted by Gasteiger charge is 2.24. The lowest BCUT2D eigenvalue weighted by Gasteiger charge is -2.27. The van der Waals surface area contributed by atoms with Crippen LogP contribution < -0.4 is 0 Å². The zero-order valence-corrected chi connectivity index (χ0v) is 20.1. The Balaban J connectivity index is 1.75. The van der Waals surface area contributed by atoms with Gasteiger partial charge in [0.25, 0.3) is 0 Å². The first-order valence-electron chi connectivity index (χ1n) is 11.6. The molecule has 0 aromatic heterocycles. The highest BCUT2D eigenvalue weighted by molar-refractivity contribution is 7.95. The molecular formula is C25H36ClNO2S. The molecule has 0 saturated heterocycles. The van der Waals surface area contributed by atoms with E-state index in [0.29, 0.717) is 17.4 Å². The summed E-state index contributed by atoms with van der Waals surface area (Å²) in [5.41, 5.74) is 5.61. The molecule has 0 aliphatic heterocycles. The van der Waals surface area contributed by atoms with Crippen LogP contribution in [-0.2, 0) is 9.84 Å². The standard InChI is InChI=1S/C25H36ClNO2S/c1-3-23(27(26)4-2)19-22-11-9-8-10-21-15-14-20(18-25(21)22)16-17-30(28,29)24-12-6-5-7-13-24/h6,11-13,18,23H,3-5,7-10,14-17,19H2,1-2H3/t23-/m1/s1. The minimum absolute atomic E-state index is 0.208. The van der Waals surface area contributed by atoms with Gasteiger partial charge in [-0.2, -0.15) is 0 Å². The van der Waals surface area contributed by atoms with Gasteiger partial charge in [-0.15, -0.1) is 0 Å². The Hall–Kier alpha value is -1.10. The second-order valence-electron chi connectivity index (χ2n) is 8.58. The van der Waals surface area contributed by atoms with Gasteiger partial charge in [-0.1, -0.05) is 49.3 Å². The van der Waals surface area contributed by atoms with Crippen molar-refractivity contribution in [2.45, 2.75) is 84.1 Å². The van der Waals surface area contributed by atoms with Crippen molar-refractivity contribution in [3.63, 3.8) is 0 Å². The summed E-state index contributed by atoms with van der Waals surface area (Å²) in [7, 11) is -3.19. The largest absolute Gasteiger partial charge is 0.224 e. The van der Waals surface area contributed by atoms with E-state index in [1.54, 1.807) is 11.6 Å². The average Bonchev–Trinajstić information content (AvgIpc) is 2.98. The van der Waals surface area contributed by atoms with Gasteiger partial charge >= 0.3 is 0 Å². The van der Waals surface area contributed by atoms with Gasteiger partial charge in [0.1, 0.15) is 0 Å². The third-order valence-electron chi connectivity index (χ3n) is 6.53. The van der Waals surface area contributed by atoms with Crippen molar-refractivity contribution in [3.05, 3.63) is 57.6 Å². The Labute approximate surface area is 188 Å². The number of nitrogens with zero attached hydrogens (tertiary/aromatic N) is 1. The third-order valence-corrected chi connectivity index (χ3v) is 8.81. The van der Waals surface area contributed by atoms with E-state index in [1.807, 2.05) is 16.6 Å². The normalized spacial score (nSPS) is 21.0. The fraction of sp³-hybridized carbons (Fsp3) is 0.600. The van der Waals surface area contributed by atoms with Crippen molar-refractivity contribution in [3.8, 4) is 0 Å². The predicted octanol–water partition coefficient (Wildman–Crippen LogP) is 6.80. The van der Waals surface area contributed by atoms with Crippen molar-refractivity contribution in [1.82, 2.24) is 4.42 Å². The number of allylic oxidation sites excluding steroid dienone is 8. The first-order valence-corrected chi connectivity index (χ1v) is 13.6. The molecule has 0 unspecified atom stereocenters. The van der Waals surface area contributed by atoms with Crippen molar-refractivity contribution in [1.29, 1.82) is 0 Å². The van der Waals surface area contributed by atoms with Crippen LogP contribution in [0.2, 0.25) is 0 Å². The van der Waals surface area contributed by atoms with Gasteiger partial charge in [-0.3, -0.25) is 0 Å². The van der Waals surface area contributed by atoms with Crippen LogP contribution in [0.15, 0.2) is 57.6 Å². The average molecular weight is 450 g/mol. The summed E-state index contributed by atoms with van der Waals surface area (Å²) in [5.74, 6) is 0.208. The fourth-order valence-corrected chi connectivity index (χ4v) is 6.30. The molecule has 1 atom stereocenters. The molecule has 0 fully saturated rings. The smallest absolute Gasteiger partial charge is 0.178 e. The molecule has 0 aromatic rings. The zero-order valence-electron chi connectivity index (χ0n) is 18.5. The maximum Gasteiger partial charge on any atom is 0.178 e. The molecule has 0 radical (unpaired) electrons. The quantitative estimate of drug-likeness (QED) is 0.363. The van der Waals surface area contributed by atoms with E-state index < -0.39 is 9.84 Å². The monoisotopic (exact) mass is 449 g/mol. The number of sulfone groups is 1. The molecule has 0 saturated carbocycles. The van der Waals surface area contributed by atoms with Crippen LogP contribution >= 0.6 is 11.8 Å². The van der Waals surface area contributed by atoms with E-state index in [4.69, 9.17) is 11.8 Å². The molecule has 3 nitrogen and oxygen atoms in total. The Morgan fingerprint density at radius 3 is 2.63 bits per heavy atom. The highest BCUT2D eigenvalue weighted by Crippen LogP contribution is 2.38. The predicted molar refractivity (Wildman–Crippen MR) is 128 cm³/mol. The number of hydrogen-bond acceptors (Lipinski definition) is 3. The molecule has 0 spiro atoms. The molecule has 0 bridgehead atoms. The second-order valence-corrected chi connectivity index (χ2v) is 11.1. The molecule has 30 heavy (non-hydrogen) atoms. The van der Waals surface area contributed by atoms with Crippen LogP contribution in [0, 0.1) is 0 Å². The maximum atomic E-state index is 12.7. The van der Waals surface area contributed by atoms with E-state index in [-0.39, 0.29) is 5.75 Å². The molecule has 0 aromatic carbocycles. The number of rotatable bonds is 9. The zero-order chi connectivity index (χ0) is 21.6. The second kappa shape index (κ2) is 11.0. The topological polar surface area (TPSA) is 37.4 Å². The van der Waals surface area contributed by atoms with Gasteiger partial charge in [0, 0.05) is 12.6 Å². The van der Waals surface area contributed by atoms with Gasteiger partial charge in [0.2, 0.25) is 0 Å². The molecule has 166 valence electrons. The SMILES string of the molecule is CC[C@H](CC1=CCCCC2=C1C=C(CCS(=O)(=O)C1=CCCC=C1)CC2)N(Cl)CC. The van der Waals surface area contributed by atoms with Gasteiger partial charge in [-0.25, -0.2) is 12.8 Å². The summed E-state index contributed by atoms with van der Waals surface area (Å²) in [5, 5.41) is 0. The maximum absolute atomic E-state index is 12.7. The van der Waals surface area contributed by atoms with Crippen molar-refractivity contribution in [2.75, 3.05) is 12.3 Å². The van der Waals surface area contributed by atoms with Gasteiger partial charge in [0.05, 0.1) is 10.7 Å². The Bertz CT molecular complexity index is 877. The molecule has 3 aliphatic carbocycles. The van der Waals surface area contributed by atoms with Gasteiger partial charge in [-0.05, 0) is 93.2 Å². The van der Waals surface area contributed by atoms with E-state index in [1.165, 1.54) is 23.1 Å². The van der Waals surface area contributed by atoms with Crippen LogP contribution in [0.3, 0.4) is 0 Å². The summed E-state index contributed by atoms with van der Waals surface area (Å²) in [6.07, 6.45) is 20.2. The lowest BCUT2D eigenvalue weighted by Crippen LogP contribution is -2.27. The van der Waals surface area contributed by atoms with E-state index in [2.05, 4.69) is 26.0 Å². The number of hydrogen-bond donors (Lipinski definition) is 0. The minimum atomic E-state index is -3.19. The minimum Gasteiger partial charge on any atom is -0.224 e.